The van der Waals surface area contributed by atoms with E-state index in [2.05, 4.69) is 19.2 Å². The monoisotopic (exact) mass is 243 g/mol. The largest absolute Gasteiger partial charge is 0.385 e. The Morgan fingerprint density at radius 1 is 1.12 bits per heavy atom. The number of ether oxygens (including phenoxy) is 2. The van der Waals surface area contributed by atoms with Crippen molar-refractivity contribution < 1.29 is 9.47 Å². The topological polar surface area (TPSA) is 30.5 Å². The molecular formula is C14H29NO2. The summed E-state index contributed by atoms with van der Waals surface area (Å²) in [6.45, 7) is 7.33. The molecule has 17 heavy (non-hydrogen) atoms. The lowest BCUT2D eigenvalue weighted by molar-refractivity contribution is 0.0129. The van der Waals surface area contributed by atoms with E-state index in [1.54, 1.807) is 7.11 Å². The summed E-state index contributed by atoms with van der Waals surface area (Å²) >= 11 is 0. The Morgan fingerprint density at radius 3 is 2.41 bits per heavy atom. The predicted molar refractivity (Wildman–Crippen MR) is 71.3 cm³/mol. The zero-order valence-corrected chi connectivity index (χ0v) is 11.7. The van der Waals surface area contributed by atoms with Crippen LogP contribution in [0.4, 0.5) is 0 Å². The molecule has 3 nitrogen and oxygen atoms in total. The van der Waals surface area contributed by atoms with E-state index in [0.717, 1.165) is 38.1 Å². The molecule has 0 heterocycles. The van der Waals surface area contributed by atoms with Gasteiger partial charge in [0.25, 0.3) is 0 Å². The maximum absolute atomic E-state index is 5.85. The van der Waals surface area contributed by atoms with Crippen molar-refractivity contribution in [2.45, 2.75) is 58.1 Å². The summed E-state index contributed by atoms with van der Waals surface area (Å²) in [5.74, 6) is 0.748. The Hall–Kier alpha value is -0.120. The molecule has 0 unspecified atom stereocenters. The molecule has 0 aromatic rings. The van der Waals surface area contributed by atoms with Crippen LogP contribution in [0.1, 0.15) is 46.0 Å². The van der Waals surface area contributed by atoms with Gasteiger partial charge in [-0.25, -0.2) is 0 Å². The van der Waals surface area contributed by atoms with Gasteiger partial charge in [0.15, 0.2) is 0 Å². The van der Waals surface area contributed by atoms with Crippen molar-refractivity contribution in [2.75, 3.05) is 26.9 Å². The highest BCUT2D eigenvalue weighted by Crippen LogP contribution is 2.21. The van der Waals surface area contributed by atoms with Crippen LogP contribution < -0.4 is 5.32 Å². The molecular weight excluding hydrogens is 214 g/mol. The number of rotatable bonds is 8. The fourth-order valence-electron chi connectivity index (χ4n) is 2.29. The highest BCUT2D eigenvalue weighted by molar-refractivity contribution is 4.77. The summed E-state index contributed by atoms with van der Waals surface area (Å²) in [4.78, 5) is 0. The summed E-state index contributed by atoms with van der Waals surface area (Å²) in [6.07, 6.45) is 6.46. The summed E-state index contributed by atoms with van der Waals surface area (Å²) in [7, 11) is 1.74. The maximum Gasteiger partial charge on any atom is 0.0576 e. The Kier molecular flexibility index (Phi) is 7.82. The molecule has 3 heteroatoms. The van der Waals surface area contributed by atoms with Crippen LogP contribution in [-0.4, -0.2) is 39.0 Å². The van der Waals surface area contributed by atoms with E-state index in [1.165, 1.54) is 25.7 Å². The van der Waals surface area contributed by atoms with Gasteiger partial charge in [-0.1, -0.05) is 13.8 Å². The van der Waals surface area contributed by atoms with Gasteiger partial charge in [-0.3, -0.25) is 0 Å². The fourth-order valence-corrected chi connectivity index (χ4v) is 2.29. The summed E-state index contributed by atoms with van der Waals surface area (Å²) in [5.41, 5.74) is 0. The lowest BCUT2D eigenvalue weighted by Gasteiger charge is -2.29. The van der Waals surface area contributed by atoms with Crippen LogP contribution in [0.3, 0.4) is 0 Å². The molecule has 0 bridgehead atoms. The van der Waals surface area contributed by atoms with Crippen LogP contribution in [-0.2, 0) is 9.47 Å². The highest BCUT2D eigenvalue weighted by atomic mass is 16.5. The van der Waals surface area contributed by atoms with Gasteiger partial charge in [-0.2, -0.15) is 0 Å². The van der Waals surface area contributed by atoms with Gasteiger partial charge in [0.1, 0.15) is 0 Å². The molecule has 0 saturated heterocycles. The first-order valence-electron chi connectivity index (χ1n) is 7.06. The Labute approximate surface area is 106 Å². The van der Waals surface area contributed by atoms with Gasteiger partial charge < -0.3 is 14.8 Å². The van der Waals surface area contributed by atoms with Crippen molar-refractivity contribution in [2.24, 2.45) is 5.92 Å². The molecule has 1 aliphatic carbocycles. The molecule has 1 rings (SSSR count). The zero-order chi connectivity index (χ0) is 12.5. The minimum absolute atomic E-state index is 0.490. The molecule has 1 N–H and O–H groups in total. The molecule has 102 valence electrons. The lowest BCUT2D eigenvalue weighted by atomic mass is 9.92. The molecule has 0 radical (unpaired) electrons. The Morgan fingerprint density at radius 2 is 1.82 bits per heavy atom. The van der Waals surface area contributed by atoms with E-state index >= 15 is 0 Å². The van der Waals surface area contributed by atoms with Crippen molar-refractivity contribution in [1.29, 1.82) is 0 Å². The van der Waals surface area contributed by atoms with E-state index in [0.29, 0.717) is 6.10 Å². The maximum atomic E-state index is 5.85. The summed E-state index contributed by atoms with van der Waals surface area (Å²) in [5, 5.41) is 3.64. The van der Waals surface area contributed by atoms with Crippen molar-refractivity contribution in [3.05, 3.63) is 0 Å². The standard InChI is InChI=1S/C14H29NO2/c1-12(2)11-15-13-5-7-14(8-6-13)17-10-4-9-16-3/h12-15H,4-11H2,1-3H3/t13-,14+. The second-order valence-electron chi connectivity index (χ2n) is 5.49. The molecule has 0 atom stereocenters. The first-order chi connectivity index (χ1) is 8.22. The van der Waals surface area contributed by atoms with Crippen LogP contribution >= 0.6 is 0 Å². The third-order valence-corrected chi connectivity index (χ3v) is 3.34. The molecule has 0 spiro atoms. The van der Waals surface area contributed by atoms with Crippen LogP contribution in [0.25, 0.3) is 0 Å². The quantitative estimate of drug-likeness (QED) is 0.665. The Bertz CT molecular complexity index is 177. The van der Waals surface area contributed by atoms with Crippen molar-refractivity contribution in [3.63, 3.8) is 0 Å². The third kappa shape index (κ3) is 7.02. The minimum Gasteiger partial charge on any atom is -0.385 e. The molecule has 0 aliphatic heterocycles. The van der Waals surface area contributed by atoms with Crippen LogP contribution in [0, 0.1) is 5.92 Å². The molecule has 1 saturated carbocycles. The van der Waals surface area contributed by atoms with E-state index in [1.807, 2.05) is 0 Å². The molecule has 1 aliphatic rings. The number of hydrogen-bond donors (Lipinski definition) is 1. The van der Waals surface area contributed by atoms with E-state index in [4.69, 9.17) is 9.47 Å². The average molecular weight is 243 g/mol. The fraction of sp³-hybridized carbons (Fsp3) is 1.00. The van der Waals surface area contributed by atoms with Crippen molar-refractivity contribution in [1.82, 2.24) is 5.32 Å². The van der Waals surface area contributed by atoms with Crippen molar-refractivity contribution >= 4 is 0 Å². The normalized spacial score (nSPS) is 25.4. The first kappa shape index (κ1) is 14.9. The smallest absolute Gasteiger partial charge is 0.0576 e. The van der Waals surface area contributed by atoms with Gasteiger partial charge in [0.2, 0.25) is 0 Å². The first-order valence-corrected chi connectivity index (χ1v) is 7.06. The van der Waals surface area contributed by atoms with Gasteiger partial charge in [-0.15, -0.1) is 0 Å². The van der Waals surface area contributed by atoms with Gasteiger partial charge in [-0.05, 0) is 44.6 Å². The molecule has 0 amide bonds. The van der Waals surface area contributed by atoms with Crippen LogP contribution in [0.2, 0.25) is 0 Å². The summed E-state index contributed by atoms with van der Waals surface area (Å²) in [6, 6.07) is 0.719. The van der Waals surface area contributed by atoms with Gasteiger partial charge >= 0.3 is 0 Å². The number of nitrogens with one attached hydrogen (secondary N) is 1. The molecule has 0 aromatic heterocycles. The second-order valence-corrected chi connectivity index (χ2v) is 5.49. The molecule has 1 fully saturated rings. The predicted octanol–water partition coefficient (Wildman–Crippen LogP) is 2.60. The molecule has 0 aromatic carbocycles. The Balaban J connectivity index is 2.01. The SMILES string of the molecule is COCCCO[C@H]1CC[C@@H](NCC(C)C)CC1. The van der Waals surface area contributed by atoms with E-state index in [9.17, 15) is 0 Å². The van der Waals surface area contributed by atoms with Crippen LogP contribution in [0.15, 0.2) is 0 Å². The van der Waals surface area contributed by atoms with E-state index in [-0.39, 0.29) is 0 Å². The van der Waals surface area contributed by atoms with Gasteiger partial charge in [0, 0.05) is 26.4 Å². The number of hydrogen-bond acceptors (Lipinski definition) is 3. The number of methoxy groups -OCH3 is 1. The second kappa shape index (κ2) is 8.90. The van der Waals surface area contributed by atoms with Crippen LogP contribution in [0.5, 0.6) is 0 Å². The van der Waals surface area contributed by atoms with E-state index < -0.39 is 0 Å². The minimum atomic E-state index is 0.490. The van der Waals surface area contributed by atoms with Gasteiger partial charge in [0.05, 0.1) is 6.10 Å². The zero-order valence-electron chi connectivity index (χ0n) is 11.7. The third-order valence-electron chi connectivity index (χ3n) is 3.34. The highest BCUT2D eigenvalue weighted by Gasteiger charge is 2.21. The lowest BCUT2D eigenvalue weighted by Crippen LogP contribution is -2.37. The summed E-state index contributed by atoms with van der Waals surface area (Å²) < 4.78 is 10.9. The van der Waals surface area contributed by atoms with Crippen molar-refractivity contribution in [3.8, 4) is 0 Å². The average Bonchev–Trinajstić information content (AvgIpc) is 2.33.